The van der Waals surface area contributed by atoms with Crippen LogP contribution >= 0.6 is 15.9 Å². The van der Waals surface area contributed by atoms with Gasteiger partial charge in [-0.3, -0.25) is 4.68 Å². The third-order valence-corrected chi connectivity index (χ3v) is 4.25. The molecule has 0 spiro atoms. The largest absolute Gasteiger partial charge is 0.274 e. The van der Waals surface area contributed by atoms with E-state index < -0.39 is 10.0 Å². The van der Waals surface area contributed by atoms with E-state index in [9.17, 15) is 8.42 Å². The van der Waals surface area contributed by atoms with Gasteiger partial charge in [-0.25, -0.2) is 13.1 Å². The lowest BCUT2D eigenvalue weighted by molar-refractivity contribution is 0.559. The summed E-state index contributed by atoms with van der Waals surface area (Å²) in [6, 6.07) is -0.0878. The maximum absolute atomic E-state index is 11.8. The Morgan fingerprint density at radius 2 is 2.33 bits per heavy atom. The lowest BCUT2D eigenvalue weighted by Crippen LogP contribution is -2.35. The van der Waals surface area contributed by atoms with Gasteiger partial charge in [0.1, 0.15) is 4.90 Å². The van der Waals surface area contributed by atoms with Crippen LogP contribution in [0.2, 0.25) is 0 Å². The smallest absolute Gasteiger partial charge is 0.243 e. The van der Waals surface area contributed by atoms with Gasteiger partial charge < -0.3 is 0 Å². The van der Waals surface area contributed by atoms with E-state index in [1.54, 1.807) is 7.05 Å². The Kier molecular flexibility index (Phi) is 4.30. The van der Waals surface area contributed by atoms with E-state index in [1.165, 1.54) is 17.1 Å². The van der Waals surface area contributed by atoms with E-state index in [0.29, 0.717) is 5.33 Å². The van der Waals surface area contributed by atoms with Crippen LogP contribution in [0.1, 0.15) is 13.3 Å². The molecule has 1 aromatic rings. The Morgan fingerprint density at radius 1 is 1.67 bits per heavy atom. The third-order valence-electron chi connectivity index (χ3n) is 1.99. The van der Waals surface area contributed by atoms with Crippen LogP contribution in [0.15, 0.2) is 17.3 Å². The van der Waals surface area contributed by atoms with Crippen LogP contribution in [0.5, 0.6) is 0 Å². The van der Waals surface area contributed by atoms with Gasteiger partial charge in [-0.2, -0.15) is 5.10 Å². The number of hydrogen-bond donors (Lipinski definition) is 1. The molecule has 1 rings (SSSR count). The highest BCUT2D eigenvalue weighted by Crippen LogP contribution is 2.08. The summed E-state index contributed by atoms with van der Waals surface area (Å²) in [5.41, 5.74) is 0. The van der Waals surface area contributed by atoms with E-state index in [0.717, 1.165) is 6.42 Å². The molecule has 0 aliphatic heterocycles. The molecule has 1 unspecified atom stereocenters. The molecule has 0 bridgehead atoms. The van der Waals surface area contributed by atoms with E-state index >= 15 is 0 Å². The van der Waals surface area contributed by atoms with Crippen LogP contribution in [-0.2, 0) is 17.1 Å². The molecule has 1 aromatic heterocycles. The van der Waals surface area contributed by atoms with Crippen molar-refractivity contribution in [3.63, 3.8) is 0 Å². The minimum absolute atomic E-state index is 0.0878. The van der Waals surface area contributed by atoms with Crippen LogP contribution in [-0.4, -0.2) is 29.6 Å². The fourth-order valence-electron chi connectivity index (χ4n) is 1.05. The SMILES string of the molecule is CCC(CBr)NS(=O)(=O)c1cnn(C)c1. The average molecular weight is 296 g/mol. The molecule has 86 valence electrons. The summed E-state index contributed by atoms with van der Waals surface area (Å²) in [6.45, 7) is 1.93. The molecule has 0 saturated heterocycles. The van der Waals surface area contributed by atoms with Gasteiger partial charge in [0, 0.05) is 24.6 Å². The molecule has 0 radical (unpaired) electrons. The molecule has 1 N–H and O–H groups in total. The molecule has 1 atom stereocenters. The van der Waals surface area contributed by atoms with Crippen LogP contribution < -0.4 is 4.72 Å². The summed E-state index contributed by atoms with van der Waals surface area (Å²) in [6.07, 6.45) is 3.55. The minimum Gasteiger partial charge on any atom is -0.274 e. The standard InChI is InChI=1S/C8H14BrN3O2S/c1-3-7(4-9)11-15(13,14)8-5-10-12(2)6-8/h5-7,11H,3-4H2,1-2H3. The first kappa shape index (κ1) is 12.7. The Balaban J connectivity index is 2.84. The first-order valence-electron chi connectivity index (χ1n) is 4.56. The molecule has 0 aliphatic carbocycles. The fourth-order valence-corrected chi connectivity index (χ4v) is 3.19. The van der Waals surface area contributed by atoms with Gasteiger partial charge in [0.2, 0.25) is 10.0 Å². The number of nitrogens with zero attached hydrogens (tertiary/aromatic N) is 2. The summed E-state index contributed by atoms with van der Waals surface area (Å²) in [5, 5.41) is 4.43. The van der Waals surface area contributed by atoms with Crippen LogP contribution in [0.4, 0.5) is 0 Å². The molecule has 0 fully saturated rings. The van der Waals surface area contributed by atoms with Crippen molar-refractivity contribution in [2.45, 2.75) is 24.3 Å². The van der Waals surface area contributed by atoms with Crippen molar-refractivity contribution in [2.24, 2.45) is 7.05 Å². The molecule has 0 aromatic carbocycles. The quantitative estimate of drug-likeness (QED) is 0.820. The topological polar surface area (TPSA) is 64.0 Å². The summed E-state index contributed by atoms with van der Waals surface area (Å²) >= 11 is 3.26. The highest BCUT2D eigenvalue weighted by molar-refractivity contribution is 9.09. The van der Waals surface area contributed by atoms with Crippen LogP contribution in [0.25, 0.3) is 0 Å². The Morgan fingerprint density at radius 3 is 2.73 bits per heavy atom. The van der Waals surface area contributed by atoms with Gasteiger partial charge in [-0.05, 0) is 6.42 Å². The second kappa shape index (κ2) is 5.09. The minimum atomic E-state index is -3.43. The van der Waals surface area contributed by atoms with Gasteiger partial charge in [-0.15, -0.1) is 0 Å². The maximum atomic E-state index is 11.8. The van der Waals surface area contributed by atoms with Gasteiger partial charge in [0.05, 0.1) is 6.20 Å². The number of halogens is 1. The van der Waals surface area contributed by atoms with Crippen molar-refractivity contribution >= 4 is 26.0 Å². The van der Waals surface area contributed by atoms with Crippen molar-refractivity contribution in [3.05, 3.63) is 12.4 Å². The number of nitrogens with one attached hydrogen (secondary N) is 1. The van der Waals surface area contributed by atoms with Gasteiger partial charge in [0.15, 0.2) is 0 Å². The van der Waals surface area contributed by atoms with Gasteiger partial charge in [0.25, 0.3) is 0 Å². The van der Waals surface area contributed by atoms with Crippen LogP contribution in [0, 0.1) is 0 Å². The predicted molar refractivity (Wildman–Crippen MR) is 61.4 cm³/mol. The summed E-state index contributed by atoms with van der Waals surface area (Å²) in [7, 11) is -1.74. The second-order valence-electron chi connectivity index (χ2n) is 3.23. The molecule has 0 aliphatic rings. The van der Waals surface area contributed by atoms with Crippen molar-refractivity contribution in [3.8, 4) is 0 Å². The summed E-state index contributed by atoms with van der Waals surface area (Å²) in [5.74, 6) is 0. The highest BCUT2D eigenvalue weighted by atomic mass is 79.9. The average Bonchev–Trinajstić information content (AvgIpc) is 2.62. The number of alkyl halides is 1. The summed E-state index contributed by atoms with van der Waals surface area (Å²) in [4.78, 5) is 0.199. The van der Waals surface area contributed by atoms with Crippen molar-refractivity contribution in [1.82, 2.24) is 14.5 Å². The Labute approximate surface area is 98.0 Å². The molecule has 0 saturated carbocycles. The zero-order valence-electron chi connectivity index (χ0n) is 8.64. The van der Waals surface area contributed by atoms with Crippen LogP contribution in [0.3, 0.4) is 0 Å². The van der Waals surface area contributed by atoms with Crippen molar-refractivity contribution < 1.29 is 8.42 Å². The van der Waals surface area contributed by atoms with Gasteiger partial charge in [-0.1, -0.05) is 22.9 Å². The summed E-state index contributed by atoms with van der Waals surface area (Å²) < 4.78 is 27.6. The highest BCUT2D eigenvalue weighted by Gasteiger charge is 2.19. The van der Waals surface area contributed by atoms with E-state index in [-0.39, 0.29) is 10.9 Å². The number of sulfonamides is 1. The molecule has 0 amide bonds. The molecule has 1 heterocycles. The Hall–Kier alpha value is -0.400. The predicted octanol–water partition coefficient (Wildman–Crippen LogP) is 0.872. The van der Waals surface area contributed by atoms with Gasteiger partial charge >= 0.3 is 0 Å². The number of rotatable bonds is 5. The molecular formula is C8H14BrN3O2S. The van der Waals surface area contributed by atoms with E-state index in [4.69, 9.17) is 0 Å². The van der Waals surface area contributed by atoms with E-state index in [1.807, 2.05) is 6.92 Å². The zero-order valence-corrected chi connectivity index (χ0v) is 11.0. The molecular weight excluding hydrogens is 282 g/mol. The fraction of sp³-hybridized carbons (Fsp3) is 0.625. The first-order chi connectivity index (χ1) is 6.99. The van der Waals surface area contributed by atoms with E-state index in [2.05, 4.69) is 25.8 Å². The zero-order chi connectivity index (χ0) is 11.5. The van der Waals surface area contributed by atoms with Crippen molar-refractivity contribution in [2.75, 3.05) is 5.33 Å². The monoisotopic (exact) mass is 295 g/mol. The van der Waals surface area contributed by atoms with Crippen molar-refractivity contribution in [1.29, 1.82) is 0 Å². The molecule has 7 heteroatoms. The molecule has 5 nitrogen and oxygen atoms in total. The Bertz CT molecular complexity index is 411. The first-order valence-corrected chi connectivity index (χ1v) is 7.17. The lowest BCUT2D eigenvalue weighted by atomic mass is 10.3. The number of hydrogen-bond acceptors (Lipinski definition) is 3. The molecule has 15 heavy (non-hydrogen) atoms. The number of aryl methyl sites for hydroxylation is 1. The second-order valence-corrected chi connectivity index (χ2v) is 5.59. The third kappa shape index (κ3) is 3.29. The number of aromatic nitrogens is 2. The maximum Gasteiger partial charge on any atom is 0.243 e. The normalized spacial score (nSPS) is 14.1. The lowest BCUT2D eigenvalue weighted by Gasteiger charge is -2.12.